The Balaban J connectivity index is 1.94. The van der Waals surface area contributed by atoms with E-state index in [-0.39, 0.29) is 6.54 Å². The zero-order valence-corrected chi connectivity index (χ0v) is 15.4. The van der Waals surface area contributed by atoms with Crippen molar-refractivity contribution in [3.05, 3.63) is 69.1 Å². The van der Waals surface area contributed by atoms with Crippen LogP contribution in [-0.4, -0.2) is 22.5 Å². The first kappa shape index (κ1) is 21.5. The average molecular weight is 417 g/mol. The molecule has 0 bridgehead atoms. The standard InChI is InChI=1S/C18H16ClF3N2O4/c1-11(17(27)23-8-12-4-2-3-5-14(12)19)28-16(26)10-24-9-13(18(20,21)22)6-7-15(24)25/h2-7,9,11H,8,10H2,1H3,(H,23,27). The first-order valence-electron chi connectivity index (χ1n) is 8.06. The maximum atomic E-state index is 12.7. The maximum absolute atomic E-state index is 12.7. The van der Waals surface area contributed by atoms with E-state index in [1.807, 2.05) is 0 Å². The van der Waals surface area contributed by atoms with E-state index < -0.39 is 41.8 Å². The van der Waals surface area contributed by atoms with Gasteiger partial charge in [0, 0.05) is 23.8 Å². The topological polar surface area (TPSA) is 77.4 Å². The van der Waals surface area contributed by atoms with Crippen LogP contribution in [0.5, 0.6) is 0 Å². The van der Waals surface area contributed by atoms with Gasteiger partial charge in [0.05, 0.1) is 5.56 Å². The third-order valence-electron chi connectivity index (χ3n) is 3.70. The molecule has 2 rings (SSSR count). The number of carbonyl (C=O) groups excluding carboxylic acids is 2. The van der Waals surface area contributed by atoms with Crippen LogP contribution >= 0.6 is 11.6 Å². The lowest BCUT2D eigenvalue weighted by atomic mass is 10.2. The van der Waals surface area contributed by atoms with Crippen molar-refractivity contribution in [2.75, 3.05) is 0 Å². The number of rotatable bonds is 6. The van der Waals surface area contributed by atoms with Gasteiger partial charge in [-0.15, -0.1) is 0 Å². The molecule has 0 aliphatic carbocycles. The monoisotopic (exact) mass is 416 g/mol. The van der Waals surface area contributed by atoms with Crippen LogP contribution in [0.4, 0.5) is 13.2 Å². The quantitative estimate of drug-likeness (QED) is 0.735. The molecule has 150 valence electrons. The summed E-state index contributed by atoms with van der Waals surface area (Å²) in [5.41, 5.74) is -1.22. The number of pyridine rings is 1. The molecule has 1 unspecified atom stereocenters. The van der Waals surface area contributed by atoms with Gasteiger partial charge in [-0.05, 0) is 24.6 Å². The highest BCUT2D eigenvalue weighted by Crippen LogP contribution is 2.28. The van der Waals surface area contributed by atoms with Gasteiger partial charge in [0.15, 0.2) is 6.10 Å². The molecule has 0 aliphatic rings. The zero-order chi connectivity index (χ0) is 20.9. The molecule has 1 aromatic carbocycles. The Hall–Kier alpha value is -2.81. The molecule has 0 spiro atoms. The maximum Gasteiger partial charge on any atom is 0.417 e. The summed E-state index contributed by atoms with van der Waals surface area (Å²) >= 11 is 5.97. The number of alkyl halides is 3. The number of nitrogens with one attached hydrogen (secondary N) is 1. The predicted octanol–water partition coefficient (Wildman–Crippen LogP) is 2.77. The number of esters is 1. The van der Waals surface area contributed by atoms with E-state index in [2.05, 4.69) is 5.32 Å². The Morgan fingerprint density at radius 1 is 1.21 bits per heavy atom. The van der Waals surface area contributed by atoms with Crippen LogP contribution in [0.15, 0.2) is 47.4 Å². The van der Waals surface area contributed by atoms with Crippen molar-refractivity contribution in [3.63, 3.8) is 0 Å². The minimum Gasteiger partial charge on any atom is -0.451 e. The number of ether oxygens (including phenoxy) is 1. The summed E-state index contributed by atoms with van der Waals surface area (Å²) in [5.74, 6) is -1.65. The summed E-state index contributed by atoms with van der Waals surface area (Å²) in [5, 5.41) is 2.99. The summed E-state index contributed by atoms with van der Waals surface area (Å²) < 4.78 is 43.6. The molecule has 6 nitrogen and oxygen atoms in total. The fourth-order valence-electron chi connectivity index (χ4n) is 2.22. The van der Waals surface area contributed by atoms with Crippen molar-refractivity contribution in [2.24, 2.45) is 0 Å². The molecule has 1 atom stereocenters. The lowest BCUT2D eigenvalue weighted by Gasteiger charge is -2.15. The summed E-state index contributed by atoms with van der Waals surface area (Å²) in [7, 11) is 0. The highest BCUT2D eigenvalue weighted by Gasteiger charge is 2.31. The lowest BCUT2D eigenvalue weighted by Crippen LogP contribution is -2.37. The van der Waals surface area contributed by atoms with E-state index in [0.717, 1.165) is 0 Å². The Labute approximate surface area is 162 Å². The lowest BCUT2D eigenvalue weighted by molar-refractivity contribution is -0.155. The van der Waals surface area contributed by atoms with Crippen LogP contribution in [0, 0.1) is 0 Å². The molecule has 2 aromatic rings. The molecule has 0 saturated carbocycles. The van der Waals surface area contributed by atoms with Crippen LogP contribution in [0.25, 0.3) is 0 Å². The molecular weight excluding hydrogens is 401 g/mol. The van der Waals surface area contributed by atoms with Gasteiger partial charge in [0.1, 0.15) is 6.54 Å². The van der Waals surface area contributed by atoms with E-state index >= 15 is 0 Å². The highest BCUT2D eigenvalue weighted by atomic mass is 35.5. The number of hydrogen-bond donors (Lipinski definition) is 1. The van der Waals surface area contributed by atoms with E-state index in [4.69, 9.17) is 16.3 Å². The minimum absolute atomic E-state index is 0.105. The summed E-state index contributed by atoms with van der Waals surface area (Å²) in [4.78, 5) is 35.6. The largest absolute Gasteiger partial charge is 0.451 e. The normalized spacial score (nSPS) is 12.3. The van der Waals surface area contributed by atoms with Crippen LogP contribution in [-0.2, 0) is 33.6 Å². The molecular formula is C18H16ClF3N2O4. The van der Waals surface area contributed by atoms with Crippen molar-refractivity contribution >= 4 is 23.5 Å². The Bertz CT molecular complexity index is 928. The first-order valence-corrected chi connectivity index (χ1v) is 8.44. The number of amides is 1. The van der Waals surface area contributed by atoms with Crippen molar-refractivity contribution in [1.29, 1.82) is 0 Å². The van der Waals surface area contributed by atoms with Crippen LogP contribution in [0.2, 0.25) is 5.02 Å². The molecule has 0 saturated heterocycles. The molecule has 0 radical (unpaired) electrons. The molecule has 1 amide bonds. The van der Waals surface area contributed by atoms with Crippen LogP contribution in [0.1, 0.15) is 18.1 Å². The third-order valence-corrected chi connectivity index (χ3v) is 4.07. The first-order chi connectivity index (χ1) is 13.1. The molecule has 10 heteroatoms. The van der Waals surface area contributed by atoms with Crippen molar-refractivity contribution < 1.29 is 27.5 Å². The van der Waals surface area contributed by atoms with E-state index in [0.29, 0.717) is 33.5 Å². The predicted molar refractivity (Wildman–Crippen MR) is 94.6 cm³/mol. The molecule has 1 N–H and O–H groups in total. The molecule has 1 heterocycles. The van der Waals surface area contributed by atoms with Gasteiger partial charge in [0.25, 0.3) is 11.5 Å². The summed E-state index contributed by atoms with van der Waals surface area (Å²) in [6.07, 6.45) is -5.35. The van der Waals surface area contributed by atoms with Gasteiger partial charge in [-0.3, -0.25) is 14.4 Å². The fourth-order valence-corrected chi connectivity index (χ4v) is 2.42. The summed E-state index contributed by atoms with van der Waals surface area (Å²) in [6.45, 7) is 0.646. The number of aromatic nitrogens is 1. The second-order valence-electron chi connectivity index (χ2n) is 5.82. The van der Waals surface area contributed by atoms with Crippen molar-refractivity contribution in [2.45, 2.75) is 32.3 Å². The molecule has 0 aliphatic heterocycles. The minimum atomic E-state index is -4.66. The Morgan fingerprint density at radius 3 is 2.54 bits per heavy atom. The third kappa shape index (κ3) is 5.85. The molecule has 28 heavy (non-hydrogen) atoms. The Kier molecular flexibility index (Phi) is 6.85. The van der Waals surface area contributed by atoms with E-state index in [1.54, 1.807) is 24.3 Å². The SMILES string of the molecule is CC(OC(=O)Cn1cc(C(F)(F)F)ccc1=O)C(=O)NCc1ccccc1Cl. The number of hydrogen-bond acceptors (Lipinski definition) is 4. The van der Waals surface area contributed by atoms with Gasteiger partial charge in [-0.2, -0.15) is 13.2 Å². The second kappa shape index (κ2) is 8.92. The van der Waals surface area contributed by atoms with E-state index in [1.165, 1.54) is 6.92 Å². The van der Waals surface area contributed by atoms with Crippen molar-refractivity contribution in [1.82, 2.24) is 9.88 Å². The number of nitrogens with zero attached hydrogens (tertiary/aromatic N) is 1. The van der Waals surface area contributed by atoms with Gasteiger partial charge in [-0.1, -0.05) is 29.8 Å². The number of benzene rings is 1. The number of halogens is 4. The molecule has 0 fully saturated rings. The average Bonchev–Trinajstić information content (AvgIpc) is 2.61. The zero-order valence-electron chi connectivity index (χ0n) is 14.6. The van der Waals surface area contributed by atoms with Crippen LogP contribution < -0.4 is 10.9 Å². The fraction of sp³-hybridized carbons (Fsp3) is 0.278. The van der Waals surface area contributed by atoms with Crippen molar-refractivity contribution in [3.8, 4) is 0 Å². The van der Waals surface area contributed by atoms with E-state index in [9.17, 15) is 27.6 Å². The second-order valence-corrected chi connectivity index (χ2v) is 6.23. The van der Waals surface area contributed by atoms with Gasteiger partial charge < -0.3 is 14.6 Å². The van der Waals surface area contributed by atoms with Gasteiger partial charge >= 0.3 is 12.1 Å². The van der Waals surface area contributed by atoms with Gasteiger partial charge in [0.2, 0.25) is 0 Å². The number of carbonyl (C=O) groups is 2. The van der Waals surface area contributed by atoms with Crippen LogP contribution in [0.3, 0.4) is 0 Å². The smallest absolute Gasteiger partial charge is 0.417 e. The van der Waals surface area contributed by atoms with Gasteiger partial charge in [-0.25, -0.2) is 0 Å². The summed E-state index contributed by atoms with van der Waals surface area (Å²) in [6, 6.07) is 8.15. The highest BCUT2D eigenvalue weighted by molar-refractivity contribution is 6.31. The Morgan fingerprint density at radius 2 is 1.89 bits per heavy atom. The molecule has 1 aromatic heterocycles.